The molecule has 3 rings (SSSR count). The zero-order chi connectivity index (χ0) is 12.5. The van der Waals surface area contributed by atoms with Crippen LogP contribution in [0.5, 0.6) is 0 Å². The van der Waals surface area contributed by atoms with Crippen LogP contribution in [0.4, 0.5) is 5.82 Å². The fraction of sp³-hybridized carbons (Fsp3) is 0.167. The molecule has 0 aliphatic heterocycles. The first-order chi connectivity index (χ1) is 8.72. The molecule has 0 fully saturated rings. The first kappa shape index (κ1) is 11.5. The monoisotopic (exact) mass is 279 g/mol. The summed E-state index contributed by atoms with van der Waals surface area (Å²) in [6.45, 7) is 2.49. The van der Waals surface area contributed by atoms with Gasteiger partial charge in [0.15, 0.2) is 0 Å². The van der Waals surface area contributed by atoms with Crippen LogP contribution >= 0.6 is 22.9 Å². The smallest absolute Gasteiger partial charge is 0.225 e. The van der Waals surface area contributed by atoms with Gasteiger partial charge in [0.1, 0.15) is 22.2 Å². The number of nitrogens with zero attached hydrogens (tertiary/aromatic N) is 2. The molecule has 92 valence electrons. The number of fused-ring (bicyclic) bond motifs is 1. The molecule has 3 heterocycles. The molecule has 0 bridgehead atoms. The van der Waals surface area contributed by atoms with Gasteiger partial charge in [-0.3, -0.25) is 0 Å². The van der Waals surface area contributed by atoms with E-state index in [0.29, 0.717) is 6.54 Å². The Kier molecular flexibility index (Phi) is 2.93. The van der Waals surface area contributed by atoms with Crippen LogP contribution in [-0.4, -0.2) is 9.97 Å². The van der Waals surface area contributed by atoms with Gasteiger partial charge in [0.2, 0.25) is 5.28 Å². The summed E-state index contributed by atoms with van der Waals surface area (Å²) in [5, 5.41) is 6.42. The molecule has 3 aromatic heterocycles. The summed E-state index contributed by atoms with van der Waals surface area (Å²) in [4.78, 5) is 9.25. The van der Waals surface area contributed by atoms with Gasteiger partial charge in [-0.15, -0.1) is 11.3 Å². The number of anilines is 1. The molecule has 0 radical (unpaired) electrons. The maximum atomic E-state index is 5.89. The predicted octanol–water partition coefficient (Wildman–Crippen LogP) is 3.86. The summed E-state index contributed by atoms with van der Waals surface area (Å²) in [5.41, 5.74) is 0. The summed E-state index contributed by atoms with van der Waals surface area (Å²) >= 11 is 7.43. The standard InChI is InChI=1S/C12H10ClN3OS/c1-7-2-3-8(17-7)6-14-10-9-4-5-18-11(9)16-12(13)15-10/h2-5H,6H2,1H3,(H,14,15,16). The molecular weight excluding hydrogens is 270 g/mol. The van der Waals surface area contributed by atoms with Gasteiger partial charge in [-0.2, -0.15) is 0 Å². The normalized spacial score (nSPS) is 11.0. The SMILES string of the molecule is Cc1ccc(CNc2nc(Cl)nc3sccc23)o1. The molecule has 0 saturated heterocycles. The minimum Gasteiger partial charge on any atom is -0.465 e. The van der Waals surface area contributed by atoms with E-state index in [4.69, 9.17) is 16.0 Å². The van der Waals surface area contributed by atoms with Crippen LogP contribution in [0.25, 0.3) is 10.2 Å². The summed E-state index contributed by atoms with van der Waals surface area (Å²) in [6.07, 6.45) is 0. The summed E-state index contributed by atoms with van der Waals surface area (Å²) < 4.78 is 5.49. The number of hydrogen-bond acceptors (Lipinski definition) is 5. The summed E-state index contributed by atoms with van der Waals surface area (Å²) in [6, 6.07) is 5.85. The van der Waals surface area contributed by atoms with Crippen LogP contribution < -0.4 is 5.32 Å². The van der Waals surface area contributed by atoms with Crippen LogP contribution in [0.15, 0.2) is 28.0 Å². The van der Waals surface area contributed by atoms with Crippen molar-refractivity contribution < 1.29 is 4.42 Å². The Balaban J connectivity index is 1.87. The third-order valence-electron chi connectivity index (χ3n) is 2.52. The van der Waals surface area contributed by atoms with Gasteiger partial charge < -0.3 is 9.73 Å². The lowest BCUT2D eigenvalue weighted by atomic mass is 10.3. The average molecular weight is 280 g/mol. The Morgan fingerprint density at radius 1 is 1.33 bits per heavy atom. The van der Waals surface area contributed by atoms with Gasteiger partial charge in [-0.1, -0.05) is 0 Å². The van der Waals surface area contributed by atoms with Crippen molar-refractivity contribution in [3.63, 3.8) is 0 Å². The van der Waals surface area contributed by atoms with Crippen LogP contribution in [0.1, 0.15) is 11.5 Å². The lowest BCUT2D eigenvalue weighted by molar-refractivity contribution is 0.490. The fourth-order valence-electron chi connectivity index (χ4n) is 1.72. The number of hydrogen-bond donors (Lipinski definition) is 1. The van der Waals surface area contributed by atoms with Crippen molar-refractivity contribution in [1.82, 2.24) is 9.97 Å². The molecule has 0 atom stereocenters. The van der Waals surface area contributed by atoms with Gasteiger partial charge in [-0.05, 0) is 42.1 Å². The van der Waals surface area contributed by atoms with Gasteiger partial charge in [-0.25, -0.2) is 9.97 Å². The van der Waals surface area contributed by atoms with Crippen LogP contribution in [0.3, 0.4) is 0 Å². The van der Waals surface area contributed by atoms with Gasteiger partial charge in [0.25, 0.3) is 0 Å². The zero-order valence-corrected chi connectivity index (χ0v) is 11.2. The molecule has 0 aromatic carbocycles. The van der Waals surface area contributed by atoms with Crippen LogP contribution in [-0.2, 0) is 6.54 Å². The second-order valence-electron chi connectivity index (χ2n) is 3.85. The second-order valence-corrected chi connectivity index (χ2v) is 5.08. The van der Waals surface area contributed by atoms with Crippen molar-refractivity contribution in [2.24, 2.45) is 0 Å². The van der Waals surface area contributed by atoms with Gasteiger partial charge in [0.05, 0.1) is 11.9 Å². The van der Waals surface area contributed by atoms with E-state index in [-0.39, 0.29) is 5.28 Å². The van der Waals surface area contributed by atoms with Crippen molar-refractivity contribution >= 4 is 39.0 Å². The highest BCUT2D eigenvalue weighted by Gasteiger charge is 2.08. The van der Waals surface area contributed by atoms with Crippen molar-refractivity contribution in [1.29, 1.82) is 0 Å². The molecule has 0 saturated carbocycles. The van der Waals surface area contributed by atoms with Crippen LogP contribution in [0.2, 0.25) is 5.28 Å². The average Bonchev–Trinajstić information content (AvgIpc) is 2.94. The molecule has 0 spiro atoms. The maximum absolute atomic E-state index is 5.89. The lowest BCUT2D eigenvalue weighted by Crippen LogP contribution is -2.01. The van der Waals surface area contributed by atoms with E-state index < -0.39 is 0 Å². The molecule has 0 aliphatic rings. The van der Waals surface area contributed by atoms with E-state index in [1.54, 1.807) is 11.3 Å². The molecule has 6 heteroatoms. The number of thiophene rings is 1. The number of nitrogens with one attached hydrogen (secondary N) is 1. The van der Waals surface area contributed by atoms with E-state index >= 15 is 0 Å². The minimum absolute atomic E-state index is 0.253. The molecule has 4 nitrogen and oxygen atoms in total. The molecule has 18 heavy (non-hydrogen) atoms. The molecule has 1 N–H and O–H groups in total. The summed E-state index contributed by atoms with van der Waals surface area (Å²) in [7, 11) is 0. The lowest BCUT2D eigenvalue weighted by Gasteiger charge is -2.05. The quantitative estimate of drug-likeness (QED) is 0.740. The van der Waals surface area contributed by atoms with Crippen molar-refractivity contribution in [2.45, 2.75) is 13.5 Å². The number of rotatable bonds is 3. The summed E-state index contributed by atoms with van der Waals surface area (Å²) in [5.74, 6) is 2.50. The largest absolute Gasteiger partial charge is 0.465 e. The Morgan fingerprint density at radius 2 is 2.22 bits per heavy atom. The number of furan rings is 1. The Hall–Kier alpha value is -1.59. The van der Waals surface area contributed by atoms with Crippen molar-refractivity contribution in [2.75, 3.05) is 5.32 Å². The van der Waals surface area contributed by atoms with Gasteiger partial charge in [0, 0.05) is 0 Å². The Labute approximate surface area is 113 Å². The van der Waals surface area contributed by atoms with Gasteiger partial charge >= 0.3 is 0 Å². The Morgan fingerprint density at radius 3 is 3.00 bits per heavy atom. The zero-order valence-electron chi connectivity index (χ0n) is 9.61. The highest BCUT2D eigenvalue weighted by atomic mass is 35.5. The molecule has 3 aromatic rings. The Bertz CT molecular complexity index is 692. The molecule has 0 amide bonds. The third-order valence-corrected chi connectivity index (χ3v) is 3.50. The maximum Gasteiger partial charge on any atom is 0.225 e. The van der Waals surface area contributed by atoms with Crippen molar-refractivity contribution in [3.8, 4) is 0 Å². The number of aryl methyl sites for hydroxylation is 1. The highest BCUT2D eigenvalue weighted by molar-refractivity contribution is 7.16. The molecular formula is C12H10ClN3OS. The first-order valence-corrected chi connectivity index (χ1v) is 6.68. The first-order valence-electron chi connectivity index (χ1n) is 5.42. The van der Waals surface area contributed by atoms with Crippen LogP contribution in [0, 0.1) is 6.92 Å². The van der Waals surface area contributed by atoms with E-state index in [2.05, 4.69) is 15.3 Å². The van der Waals surface area contributed by atoms with E-state index in [1.807, 2.05) is 30.5 Å². The highest BCUT2D eigenvalue weighted by Crippen LogP contribution is 2.26. The van der Waals surface area contributed by atoms with Crippen molar-refractivity contribution in [3.05, 3.63) is 40.4 Å². The second kappa shape index (κ2) is 4.59. The predicted molar refractivity (Wildman–Crippen MR) is 73.2 cm³/mol. The molecule has 0 unspecified atom stereocenters. The van der Waals surface area contributed by atoms with E-state index in [1.165, 1.54) is 0 Å². The number of aromatic nitrogens is 2. The number of halogens is 1. The van der Waals surface area contributed by atoms with E-state index in [0.717, 1.165) is 27.6 Å². The van der Waals surface area contributed by atoms with E-state index in [9.17, 15) is 0 Å². The topological polar surface area (TPSA) is 51.0 Å². The third kappa shape index (κ3) is 2.19. The minimum atomic E-state index is 0.253. The fourth-order valence-corrected chi connectivity index (χ4v) is 2.70. The molecule has 0 aliphatic carbocycles.